The molecule has 0 bridgehead atoms. The minimum absolute atomic E-state index is 0.135. The van der Waals surface area contributed by atoms with Crippen molar-refractivity contribution in [1.29, 1.82) is 0 Å². The van der Waals surface area contributed by atoms with E-state index in [0.717, 1.165) is 10.8 Å². The first-order valence-electron chi connectivity index (χ1n) is 8.10. The van der Waals surface area contributed by atoms with Crippen LogP contribution in [-0.4, -0.2) is 18.5 Å². The molecule has 0 atom stereocenters. The van der Waals surface area contributed by atoms with Crippen molar-refractivity contribution in [3.8, 4) is 0 Å². The Balaban J connectivity index is 1.64. The number of rotatable bonds is 5. The lowest BCUT2D eigenvalue weighted by Gasteiger charge is -2.05. The van der Waals surface area contributed by atoms with Crippen molar-refractivity contribution in [3.05, 3.63) is 72.6 Å². The number of ether oxygens (including phenoxy) is 1. The van der Waals surface area contributed by atoms with Gasteiger partial charge in [0.2, 0.25) is 6.54 Å². The zero-order chi connectivity index (χ0) is 17.6. The van der Waals surface area contributed by atoms with Gasteiger partial charge in [-0.1, -0.05) is 18.2 Å². The van der Waals surface area contributed by atoms with E-state index in [9.17, 15) is 9.59 Å². The number of aromatic nitrogens is 1. The molecule has 126 valence electrons. The summed E-state index contributed by atoms with van der Waals surface area (Å²) < 4.78 is 6.77. The van der Waals surface area contributed by atoms with Crippen LogP contribution in [0, 0.1) is 0 Å². The van der Waals surface area contributed by atoms with Gasteiger partial charge in [0.05, 0.1) is 12.2 Å². The molecule has 0 unspecified atom stereocenters. The van der Waals surface area contributed by atoms with Crippen molar-refractivity contribution < 1.29 is 18.9 Å². The average Bonchev–Trinajstić information content (AvgIpc) is 2.62. The third kappa shape index (κ3) is 4.20. The van der Waals surface area contributed by atoms with Crippen LogP contribution in [-0.2, 0) is 16.1 Å². The maximum atomic E-state index is 12.2. The zero-order valence-corrected chi connectivity index (χ0v) is 13.9. The van der Waals surface area contributed by atoms with Crippen molar-refractivity contribution in [3.63, 3.8) is 0 Å². The van der Waals surface area contributed by atoms with Crippen LogP contribution in [0.1, 0.15) is 17.3 Å². The maximum absolute atomic E-state index is 12.2. The Bertz CT molecular complexity index is 904. The number of anilines is 1. The second kappa shape index (κ2) is 7.57. The number of carbonyl (C=O) groups excluding carboxylic acids is 2. The number of hydrogen-bond donors (Lipinski definition) is 1. The summed E-state index contributed by atoms with van der Waals surface area (Å²) in [6.07, 6.45) is 3.82. The number of hydrogen-bond acceptors (Lipinski definition) is 3. The summed E-state index contributed by atoms with van der Waals surface area (Å²) in [5.41, 5.74) is 1.10. The van der Waals surface area contributed by atoms with Crippen molar-refractivity contribution >= 4 is 28.3 Å². The fourth-order valence-electron chi connectivity index (χ4n) is 2.55. The summed E-state index contributed by atoms with van der Waals surface area (Å²) in [7, 11) is 0. The lowest BCUT2D eigenvalue weighted by atomic mass is 10.2. The van der Waals surface area contributed by atoms with Crippen molar-refractivity contribution in [2.75, 3.05) is 11.9 Å². The molecule has 0 aliphatic heterocycles. The molecule has 1 N–H and O–H groups in total. The highest BCUT2D eigenvalue weighted by Crippen LogP contribution is 2.11. The SMILES string of the molecule is CCOC(=O)c1ccc(NC(=O)C[n+]2ccc3ccccc3c2)cc1. The molecule has 1 amide bonds. The first-order valence-corrected chi connectivity index (χ1v) is 8.10. The molecule has 0 spiro atoms. The van der Waals surface area contributed by atoms with Gasteiger partial charge in [0, 0.05) is 17.1 Å². The van der Waals surface area contributed by atoms with Gasteiger partial charge in [0.25, 0.3) is 5.91 Å². The van der Waals surface area contributed by atoms with Crippen LogP contribution < -0.4 is 9.88 Å². The first-order chi connectivity index (χ1) is 12.2. The lowest BCUT2D eigenvalue weighted by molar-refractivity contribution is -0.682. The molecule has 0 radical (unpaired) electrons. The van der Waals surface area contributed by atoms with Crippen molar-refractivity contribution in [1.82, 2.24) is 0 Å². The standard InChI is InChI=1S/C20H18N2O3/c1-2-25-20(24)16-7-9-18(10-8-16)21-19(23)14-22-12-11-15-5-3-4-6-17(15)13-22/h3-13H,2,14H2,1H3/p+1. The minimum Gasteiger partial charge on any atom is -0.462 e. The van der Waals surface area contributed by atoms with Gasteiger partial charge in [-0.05, 0) is 42.6 Å². The normalized spacial score (nSPS) is 10.4. The summed E-state index contributed by atoms with van der Waals surface area (Å²) in [5.74, 6) is -0.503. The molecule has 25 heavy (non-hydrogen) atoms. The predicted molar refractivity (Wildman–Crippen MR) is 95.2 cm³/mol. The van der Waals surface area contributed by atoms with Gasteiger partial charge < -0.3 is 10.1 Å². The molecule has 0 fully saturated rings. The molecule has 0 saturated heterocycles. The molecular weight excluding hydrogens is 316 g/mol. The van der Waals surface area contributed by atoms with Gasteiger partial charge in [0.1, 0.15) is 0 Å². The summed E-state index contributed by atoms with van der Waals surface area (Å²) >= 11 is 0. The van der Waals surface area contributed by atoms with Gasteiger partial charge >= 0.3 is 5.97 Å². The number of esters is 1. The Morgan fingerprint density at radius 3 is 2.44 bits per heavy atom. The summed E-state index contributed by atoms with van der Waals surface area (Å²) in [5, 5.41) is 5.04. The Labute approximate surface area is 145 Å². The van der Waals surface area contributed by atoms with E-state index in [1.165, 1.54) is 0 Å². The topological polar surface area (TPSA) is 59.3 Å². The highest BCUT2D eigenvalue weighted by atomic mass is 16.5. The summed E-state index contributed by atoms with van der Waals surface area (Å²) in [6.45, 7) is 2.31. The Kier molecular flexibility index (Phi) is 5.04. The molecule has 2 aromatic carbocycles. The third-order valence-electron chi connectivity index (χ3n) is 3.75. The fraction of sp³-hybridized carbons (Fsp3) is 0.150. The number of nitrogens with one attached hydrogen (secondary N) is 1. The smallest absolute Gasteiger partial charge is 0.338 e. The van der Waals surface area contributed by atoms with Gasteiger partial charge in [0.15, 0.2) is 12.4 Å². The Morgan fingerprint density at radius 1 is 1.00 bits per heavy atom. The van der Waals surface area contributed by atoms with Gasteiger partial charge in [-0.15, -0.1) is 0 Å². The average molecular weight is 335 g/mol. The monoisotopic (exact) mass is 335 g/mol. The maximum Gasteiger partial charge on any atom is 0.338 e. The van der Waals surface area contributed by atoms with E-state index in [-0.39, 0.29) is 18.4 Å². The molecule has 0 aliphatic rings. The number of fused-ring (bicyclic) bond motifs is 1. The van der Waals surface area contributed by atoms with Crippen LogP contribution in [0.3, 0.4) is 0 Å². The molecule has 5 nitrogen and oxygen atoms in total. The molecular formula is C20H19N2O3+. The van der Waals surface area contributed by atoms with Crippen LogP contribution in [0.2, 0.25) is 0 Å². The molecule has 1 heterocycles. The van der Waals surface area contributed by atoms with E-state index in [2.05, 4.69) is 5.32 Å². The van der Waals surface area contributed by atoms with Crippen molar-refractivity contribution in [2.24, 2.45) is 0 Å². The Morgan fingerprint density at radius 2 is 1.72 bits per heavy atom. The van der Waals surface area contributed by atoms with Gasteiger partial charge in [-0.3, -0.25) is 4.79 Å². The number of benzene rings is 2. The fourth-order valence-corrected chi connectivity index (χ4v) is 2.55. The van der Waals surface area contributed by atoms with E-state index >= 15 is 0 Å². The van der Waals surface area contributed by atoms with Crippen LogP contribution in [0.4, 0.5) is 5.69 Å². The summed E-state index contributed by atoms with van der Waals surface area (Å²) in [4.78, 5) is 23.8. The van der Waals surface area contributed by atoms with Crippen LogP contribution in [0.15, 0.2) is 67.0 Å². The molecule has 5 heteroatoms. The summed E-state index contributed by atoms with van der Waals surface area (Å²) in [6, 6.07) is 16.6. The third-order valence-corrected chi connectivity index (χ3v) is 3.75. The van der Waals surface area contributed by atoms with Crippen LogP contribution in [0.25, 0.3) is 10.8 Å². The van der Waals surface area contributed by atoms with E-state index in [0.29, 0.717) is 17.9 Å². The molecule has 0 aliphatic carbocycles. The first kappa shape index (κ1) is 16.6. The lowest BCUT2D eigenvalue weighted by Crippen LogP contribution is -2.39. The molecule has 3 rings (SSSR count). The second-order valence-corrected chi connectivity index (χ2v) is 5.59. The highest BCUT2D eigenvalue weighted by molar-refractivity contribution is 5.92. The number of pyridine rings is 1. The number of nitrogens with zero attached hydrogens (tertiary/aromatic N) is 1. The van der Waals surface area contributed by atoms with E-state index in [1.807, 2.05) is 47.3 Å². The predicted octanol–water partition coefficient (Wildman–Crippen LogP) is 2.94. The van der Waals surface area contributed by atoms with Crippen LogP contribution in [0.5, 0.6) is 0 Å². The van der Waals surface area contributed by atoms with Gasteiger partial charge in [-0.2, -0.15) is 4.57 Å². The van der Waals surface area contributed by atoms with E-state index in [1.54, 1.807) is 31.2 Å². The molecule has 0 saturated carbocycles. The van der Waals surface area contributed by atoms with Crippen LogP contribution >= 0.6 is 0 Å². The zero-order valence-electron chi connectivity index (χ0n) is 13.9. The molecule has 3 aromatic rings. The number of carbonyl (C=O) groups is 2. The Hall–Kier alpha value is -3.21. The van der Waals surface area contributed by atoms with Crippen molar-refractivity contribution in [2.45, 2.75) is 13.5 Å². The highest BCUT2D eigenvalue weighted by Gasteiger charge is 2.11. The second-order valence-electron chi connectivity index (χ2n) is 5.59. The van der Waals surface area contributed by atoms with E-state index in [4.69, 9.17) is 4.74 Å². The number of amides is 1. The quantitative estimate of drug-likeness (QED) is 0.576. The molecule has 1 aromatic heterocycles. The van der Waals surface area contributed by atoms with Gasteiger partial charge in [-0.25, -0.2) is 4.79 Å². The largest absolute Gasteiger partial charge is 0.462 e. The van der Waals surface area contributed by atoms with E-state index < -0.39 is 0 Å². The minimum atomic E-state index is -0.368.